The molecular formula is C15H15FN2O3. The number of amides is 1. The van der Waals surface area contributed by atoms with E-state index in [-0.39, 0.29) is 12.2 Å². The molecular weight excluding hydrogens is 275 g/mol. The first-order valence-electron chi connectivity index (χ1n) is 6.31. The molecule has 0 fully saturated rings. The average molecular weight is 290 g/mol. The minimum atomic E-state index is -0.844. The van der Waals surface area contributed by atoms with Gasteiger partial charge in [0.2, 0.25) is 0 Å². The van der Waals surface area contributed by atoms with E-state index >= 15 is 0 Å². The molecule has 0 aliphatic heterocycles. The summed E-state index contributed by atoms with van der Waals surface area (Å²) in [7, 11) is 1.50. The van der Waals surface area contributed by atoms with Crippen LogP contribution in [0.15, 0.2) is 42.6 Å². The third kappa shape index (κ3) is 3.55. The van der Waals surface area contributed by atoms with Crippen molar-refractivity contribution in [2.24, 2.45) is 0 Å². The Hall–Kier alpha value is -2.47. The highest BCUT2D eigenvalue weighted by atomic mass is 19.1. The van der Waals surface area contributed by atoms with E-state index in [2.05, 4.69) is 10.3 Å². The number of phenols is 1. The van der Waals surface area contributed by atoms with Gasteiger partial charge in [0.05, 0.1) is 23.9 Å². The summed E-state index contributed by atoms with van der Waals surface area (Å²) in [5, 5.41) is 12.3. The van der Waals surface area contributed by atoms with Gasteiger partial charge in [-0.1, -0.05) is 12.1 Å². The molecule has 1 amide bonds. The number of ether oxygens (including phenoxy) is 1. The van der Waals surface area contributed by atoms with Crippen molar-refractivity contribution in [3.05, 3.63) is 59.7 Å². The number of methoxy groups -OCH3 is 1. The van der Waals surface area contributed by atoms with Gasteiger partial charge in [-0.15, -0.1) is 0 Å². The SMILES string of the molecule is COC[C@H](NC(=O)c1cccc(F)c1O)c1ccccn1. The van der Waals surface area contributed by atoms with Crippen LogP contribution in [-0.4, -0.2) is 29.7 Å². The molecule has 6 heteroatoms. The number of halogens is 1. The highest BCUT2D eigenvalue weighted by Crippen LogP contribution is 2.21. The van der Waals surface area contributed by atoms with E-state index in [1.165, 1.54) is 19.2 Å². The molecule has 0 saturated heterocycles. The standard InChI is InChI=1S/C15H15FN2O3/c1-21-9-13(12-7-2-3-8-17-12)18-15(20)10-5-4-6-11(16)14(10)19/h2-8,13,19H,9H2,1H3,(H,18,20)/t13-/m0/s1. The number of pyridine rings is 1. The first-order valence-corrected chi connectivity index (χ1v) is 6.31. The smallest absolute Gasteiger partial charge is 0.255 e. The summed E-state index contributed by atoms with van der Waals surface area (Å²) in [5.74, 6) is -2.12. The van der Waals surface area contributed by atoms with Crippen LogP contribution in [0.25, 0.3) is 0 Å². The zero-order chi connectivity index (χ0) is 15.2. The van der Waals surface area contributed by atoms with Gasteiger partial charge in [-0.05, 0) is 24.3 Å². The van der Waals surface area contributed by atoms with Crippen LogP contribution in [0.2, 0.25) is 0 Å². The van der Waals surface area contributed by atoms with Gasteiger partial charge >= 0.3 is 0 Å². The quantitative estimate of drug-likeness (QED) is 0.884. The van der Waals surface area contributed by atoms with Gasteiger partial charge in [0.15, 0.2) is 11.6 Å². The van der Waals surface area contributed by atoms with Gasteiger partial charge in [0.1, 0.15) is 0 Å². The topological polar surface area (TPSA) is 71.5 Å². The number of para-hydroxylation sites is 1. The summed E-state index contributed by atoms with van der Waals surface area (Å²) in [6.45, 7) is 0.207. The lowest BCUT2D eigenvalue weighted by Crippen LogP contribution is -2.32. The molecule has 0 radical (unpaired) electrons. The summed E-state index contributed by atoms with van der Waals surface area (Å²) in [4.78, 5) is 16.3. The average Bonchev–Trinajstić information content (AvgIpc) is 2.50. The molecule has 2 aromatic rings. The Bertz CT molecular complexity index is 620. The third-order valence-electron chi connectivity index (χ3n) is 2.91. The van der Waals surface area contributed by atoms with E-state index < -0.39 is 23.5 Å². The van der Waals surface area contributed by atoms with Crippen LogP contribution < -0.4 is 5.32 Å². The van der Waals surface area contributed by atoms with Crippen LogP contribution in [0.1, 0.15) is 22.1 Å². The number of aromatic nitrogens is 1. The van der Waals surface area contributed by atoms with Gasteiger partial charge in [-0.25, -0.2) is 4.39 Å². The highest BCUT2D eigenvalue weighted by Gasteiger charge is 2.20. The Morgan fingerprint density at radius 1 is 1.38 bits per heavy atom. The molecule has 0 aliphatic carbocycles. The molecule has 1 aromatic heterocycles. The van der Waals surface area contributed by atoms with Crippen LogP contribution in [-0.2, 0) is 4.74 Å². The van der Waals surface area contributed by atoms with Gasteiger partial charge in [-0.3, -0.25) is 9.78 Å². The zero-order valence-corrected chi connectivity index (χ0v) is 11.4. The predicted molar refractivity (Wildman–Crippen MR) is 74.4 cm³/mol. The molecule has 2 rings (SSSR count). The monoisotopic (exact) mass is 290 g/mol. The van der Waals surface area contributed by atoms with Crippen molar-refractivity contribution in [1.82, 2.24) is 10.3 Å². The van der Waals surface area contributed by atoms with E-state index in [0.29, 0.717) is 5.69 Å². The fraction of sp³-hybridized carbons (Fsp3) is 0.200. The summed E-state index contributed by atoms with van der Waals surface area (Å²) in [6, 6.07) is 8.58. The first-order chi connectivity index (χ1) is 10.1. The molecule has 0 spiro atoms. The van der Waals surface area contributed by atoms with Crippen LogP contribution >= 0.6 is 0 Å². The van der Waals surface area contributed by atoms with Crippen LogP contribution in [0.4, 0.5) is 4.39 Å². The molecule has 1 atom stereocenters. The molecule has 1 heterocycles. The van der Waals surface area contributed by atoms with Gasteiger partial charge < -0.3 is 15.2 Å². The van der Waals surface area contributed by atoms with E-state index in [4.69, 9.17) is 4.74 Å². The molecule has 0 saturated carbocycles. The summed E-state index contributed by atoms with van der Waals surface area (Å²) in [6.07, 6.45) is 1.60. The summed E-state index contributed by atoms with van der Waals surface area (Å²) in [5.41, 5.74) is 0.482. The molecule has 21 heavy (non-hydrogen) atoms. The molecule has 0 bridgehead atoms. The van der Waals surface area contributed by atoms with Gasteiger partial charge in [0, 0.05) is 13.3 Å². The minimum absolute atomic E-state index is 0.132. The normalized spacial score (nSPS) is 11.9. The third-order valence-corrected chi connectivity index (χ3v) is 2.91. The molecule has 110 valence electrons. The summed E-state index contributed by atoms with van der Waals surface area (Å²) >= 11 is 0. The lowest BCUT2D eigenvalue weighted by Gasteiger charge is -2.17. The fourth-order valence-electron chi connectivity index (χ4n) is 1.88. The second-order valence-corrected chi connectivity index (χ2v) is 4.37. The maximum atomic E-state index is 13.3. The number of aromatic hydroxyl groups is 1. The Morgan fingerprint density at radius 3 is 2.86 bits per heavy atom. The number of benzene rings is 1. The number of nitrogens with zero attached hydrogens (tertiary/aromatic N) is 1. The number of nitrogens with one attached hydrogen (secondary N) is 1. The number of phenolic OH excluding ortho intramolecular Hbond substituents is 1. The maximum Gasteiger partial charge on any atom is 0.255 e. The van der Waals surface area contributed by atoms with E-state index in [1.807, 2.05) is 0 Å². The molecule has 2 N–H and O–H groups in total. The Kier molecular flexibility index (Phi) is 4.84. The van der Waals surface area contributed by atoms with Crippen molar-refractivity contribution >= 4 is 5.91 Å². The van der Waals surface area contributed by atoms with Crippen LogP contribution in [0.3, 0.4) is 0 Å². The largest absolute Gasteiger partial charge is 0.504 e. The highest BCUT2D eigenvalue weighted by molar-refractivity contribution is 5.97. The second-order valence-electron chi connectivity index (χ2n) is 4.37. The van der Waals surface area contributed by atoms with Crippen LogP contribution in [0, 0.1) is 5.82 Å². The van der Waals surface area contributed by atoms with Gasteiger partial charge in [0.25, 0.3) is 5.91 Å². The number of rotatable bonds is 5. The zero-order valence-electron chi connectivity index (χ0n) is 11.4. The van der Waals surface area contributed by atoms with Crippen LogP contribution in [0.5, 0.6) is 5.75 Å². The number of carbonyl (C=O) groups excluding carboxylic acids is 1. The van der Waals surface area contributed by atoms with Crippen molar-refractivity contribution < 1.29 is 19.0 Å². The van der Waals surface area contributed by atoms with Crippen molar-refractivity contribution in [1.29, 1.82) is 0 Å². The predicted octanol–water partition coefficient (Wildman–Crippen LogP) is 2.04. The number of hydrogen-bond acceptors (Lipinski definition) is 4. The Morgan fingerprint density at radius 2 is 2.19 bits per heavy atom. The lowest BCUT2D eigenvalue weighted by molar-refractivity contribution is 0.0891. The van der Waals surface area contributed by atoms with Crippen molar-refractivity contribution in [3.8, 4) is 5.75 Å². The van der Waals surface area contributed by atoms with Crippen molar-refractivity contribution in [2.45, 2.75) is 6.04 Å². The van der Waals surface area contributed by atoms with E-state index in [1.54, 1.807) is 24.4 Å². The molecule has 0 aliphatic rings. The van der Waals surface area contributed by atoms with Gasteiger partial charge in [-0.2, -0.15) is 0 Å². The molecule has 1 aromatic carbocycles. The van der Waals surface area contributed by atoms with Crippen molar-refractivity contribution in [3.63, 3.8) is 0 Å². The first kappa shape index (κ1) is 14.9. The summed E-state index contributed by atoms with van der Waals surface area (Å²) < 4.78 is 18.3. The molecule has 0 unspecified atom stereocenters. The second kappa shape index (κ2) is 6.81. The Balaban J connectivity index is 2.21. The lowest BCUT2D eigenvalue weighted by atomic mass is 10.1. The van der Waals surface area contributed by atoms with E-state index in [9.17, 15) is 14.3 Å². The number of carbonyl (C=O) groups is 1. The number of hydrogen-bond donors (Lipinski definition) is 2. The molecule has 5 nitrogen and oxygen atoms in total. The maximum absolute atomic E-state index is 13.3. The Labute approximate surface area is 121 Å². The fourth-order valence-corrected chi connectivity index (χ4v) is 1.88. The van der Waals surface area contributed by atoms with Crippen molar-refractivity contribution in [2.75, 3.05) is 13.7 Å². The van der Waals surface area contributed by atoms with E-state index in [0.717, 1.165) is 6.07 Å². The minimum Gasteiger partial charge on any atom is -0.504 e.